The highest BCUT2D eigenvalue weighted by atomic mass is 32.2. The Labute approximate surface area is 193 Å². The fourth-order valence-corrected chi connectivity index (χ4v) is 4.91. The summed E-state index contributed by atoms with van der Waals surface area (Å²) in [5.41, 5.74) is 2.22. The van der Waals surface area contributed by atoms with Crippen LogP contribution in [0.15, 0.2) is 59.3 Å². The second-order valence-electron chi connectivity index (χ2n) is 7.21. The van der Waals surface area contributed by atoms with Gasteiger partial charge in [0, 0.05) is 29.4 Å². The number of nitrogens with one attached hydrogen (secondary N) is 1. The molecule has 8 nitrogen and oxygen atoms in total. The molecule has 1 amide bonds. The van der Waals surface area contributed by atoms with Crippen molar-refractivity contribution in [1.82, 2.24) is 30.0 Å². The number of ether oxygens (including phenoxy) is 1. The lowest BCUT2D eigenvalue weighted by Gasteiger charge is -2.13. The number of amides is 1. The highest BCUT2D eigenvalue weighted by Gasteiger charge is 2.25. The van der Waals surface area contributed by atoms with Gasteiger partial charge in [0.2, 0.25) is 0 Å². The highest BCUT2D eigenvalue weighted by Crippen LogP contribution is 2.33. The van der Waals surface area contributed by atoms with Gasteiger partial charge in [0.25, 0.3) is 5.91 Å². The topological polar surface area (TPSA) is 94.8 Å². The number of thiazole rings is 1. The predicted octanol–water partition coefficient (Wildman–Crippen LogP) is 3.98. The summed E-state index contributed by atoms with van der Waals surface area (Å²) in [5, 5.41) is 15.2. The summed E-state index contributed by atoms with van der Waals surface area (Å²) in [5.74, 6) is 1.89. The first-order chi connectivity index (χ1) is 15.7. The number of carbonyl (C=O) groups excluding carboxylic acids is 1. The quantitative estimate of drug-likeness (QED) is 0.394. The smallest absolute Gasteiger partial charge is 0.270 e. The molecule has 3 aromatic heterocycles. The maximum Gasteiger partial charge on any atom is 0.270 e. The Balaban J connectivity index is 1.43. The SMILES string of the molecule is COc1ccccc1-n1c(SCc2nc(C(=O)NC3CC3)cs2)nnc1-c1ccncc1. The molecule has 1 fully saturated rings. The Hall–Kier alpha value is -3.24. The Morgan fingerprint density at radius 1 is 1.22 bits per heavy atom. The van der Waals surface area contributed by atoms with Gasteiger partial charge in [-0.25, -0.2) is 4.98 Å². The number of benzene rings is 1. The first-order valence-electron chi connectivity index (χ1n) is 10.1. The van der Waals surface area contributed by atoms with E-state index in [9.17, 15) is 4.79 Å². The third-order valence-corrected chi connectivity index (χ3v) is 6.89. The number of aromatic nitrogens is 5. The monoisotopic (exact) mass is 464 g/mol. The van der Waals surface area contributed by atoms with Gasteiger partial charge in [-0.05, 0) is 37.1 Å². The number of hydrogen-bond donors (Lipinski definition) is 1. The van der Waals surface area contributed by atoms with Gasteiger partial charge in [0.15, 0.2) is 11.0 Å². The number of para-hydroxylation sites is 2. The lowest BCUT2D eigenvalue weighted by atomic mass is 10.2. The van der Waals surface area contributed by atoms with Crippen LogP contribution < -0.4 is 10.1 Å². The molecule has 10 heteroatoms. The van der Waals surface area contributed by atoms with E-state index in [0.717, 1.165) is 34.8 Å². The molecule has 1 N–H and O–H groups in total. The van der Waals surface area contributed by atoms with Crippen LogP contribution in [0.5, 0.6) is 5.75 Å². The molecule has 0 atom stereocenters. The zero-order valence-electron chi connectivity index (χ0n) is 17.3. The van der Waals surface area contributed by atoms with Crippen LogP contribution >= 0.6 is 23.1 Å². The third-order valence-electron chi connectivity index (χ3n) is 4.92. The summed E-state index contributed by atoms with van der Waals surface area (Å²) in [6, 6.07) is 11.9. The van der Waals surface area contributed by atoms with E-state index in [0.29, 0.717) is 28.5 Å². The summed E-state index contributed by atoms with van der Waals surface area (Å²) in [6.07, 6.45) is 5.56. The van der Waals surface area contributed by atoms with Crippen molar-refractivity contribution < 1.29 is 9.53 Å². The second kappa shape index (κ2) is 9.09. The lowest BCUT2D eigenvalue weighted by molar-refractivity contribution is 0.0946. The minimum absolute atomic E-state index is 0.0998. The van der Waals surface area contributed by atoms with Crippen LogP contribution in [0.3, 0.4) is 0 Å². The van der Waals surface area contributed by atoms with Gasteiger partial charge in [-0.2, -0.15) is 0 Å². The van der Waals surface area contributed by atoms with Crippen molar-refractivity contribution in [2.75, 3.05) is 7.11 Å². The molecule has 1 aliphatic rings. The summed E-state index contributed by atoms with van der Waals surface area (Å²) in [7, 11) is 1.64. The van der Waals surface area contributed by atoms with Crippen LogP contribution in [-0.4, -0.2) is 43.8 Å². The number of nitrogens with zero attached hydrogens (tertiary/aromatic N) is 5. The van der Waals surface area contributed by atoms with Crippen molar-refractivity contribution in [1.29, 1.82) is 0 Å². The number of hydrogen-bond acceptors (Lipinski definition) is 8. The van der Waals surface area contributed by atoms with Gasteiger partial charge in [0.1, 0.15) is 16.5 Å². The second-order valence-corrected chi connectivity index (χ2v) is 9.10. The number of methoxy groups -OCH3 is 1. The molecule has 0 aliphatic heterocycles. The number of pyridine rings is 1. The zero-order valence-corrected chi connectivity index (χ0v) is 18.9. The molecule has 4 aromatic rings. The van der Waals surface area contributed by atoms with E-state index in [1.807, 2.05) is 41.0 Å². The van der Waals surface area contributed by atoms with Crippen molar-refractivity contribution in [2.24, 2.45) is 0 Å². The average molecular weight is 465 g/mol. The lowest BCUT2D eigenvalue weighted by Crippen LogP contribution is -2.25. The number of carbonyl (C=O) groups is 1. The Kier molecular flexibility index (Phi) is 5.87. The van der Waals surface area contributed by atoms with Crippen molar-refractivity contribution in [3.63, 3.8) is 0 Å². The first-order valence-corrected chi connectivity index (χ1v) is 12.0. The van der Waals surface area contributed by atoms with Gasteiger partial charge in [0.05, 0.1) is 18.6 Å². The molecular weight excluding hydrogens is 444 g/mol. The summed E-state index contributed by atoms with van der Waals surface area (Å²) >= 11 is 2.99. The maximum absolute atomic E-state index is 12.2. The summed E-state index contributed by atoms with van der Waals surface area (Å²) in [6.45, 7) is 0. The van der Waals surface area contributed by atoms with Crippen LogP contribution in [0, 0.1) is 0 Å². The predicted molar refractivity (Wildman–Crippen MR) is 123 cm³/mol. The molecule has 0 radical (unpaired) electrons. The minimum atomic E-state index is -0.0998. The molecule has 0 spiro atoms. The molecule has 0 bridgehead atoms. The highest BCUT2D eigenvalue weighted by molar-refractivity contribution is 7.98. The minimum Gasteiger partial charge on any atom is -0.495 e. The standard InChI is InChI=1S/C22H20N6O2S2/c1-30-18-5-3-2-4-17(18)28-20(14-8-10-23-11-9-14)26-27-22(28)32-13-19-25-16(12-31-19)21(29)24-15-6-7-15/h2-5,8-12,15H,6-7,13H2,1H3,(H,24,29). The van der Waals surface area contributed by atoms with E-state index in [2.05, 4.69) is 25.5 Å². The molecule has 162 valence electrons. The van der Waals surface area contributed by atoms with Crippen LogP contribution in [-0.2, 0) is 5.75 Å². The molecule has 1 saturated carbocycles. The van der Waals surface area contributed by atoms with Crippen molar-refractivity contribution in [3.05, 3.63) is 64.9 Å². The van der Waals surface area contributed by atoms with Crippen molar-refractivity contribution in [3.8, 4) is 22.8 Å². The molecule has 1 aliphatic carbocycles. The largest absolute Gasteiger partial charge is 0.495 e. The molecule has 0 saturated heterocycles. The third kappa shape index (κ3) is 4.37. The number of rotatable bonds is 8. The Morgan fingerprint density at radius 3 is 2.81 bits per heavy atom. The average Bonchev–Trinajstić information content (AvgIpc) is 3.35. The van der Waals surface area contributed by atoms with Gasteiger partial charge < -0.3 is 10.1 Å². The molecule has 0 unspecified atom stereocenters. The van der Waals surface area contributed by atoms with E-state index in [1.165, 1.54) is 23.1 Å². The van der Waals surface area contributed by atoms with Gasteiger partial charge >= 0.3 is 0 Å². The van der Waals surface area contributed by atoms with Gasteiger partial charge in [-0.3, -0.25) is 14.3 Å². The van der Waals surface area contributed by atoms with Crippen molar-refractivity contribution >= 4 is 29.0 Å². The van der Waals surface area contributed by atoms with E-state index in [-0.39, 0.29) is 5.91 Å². The van der Waals surface area contributed by atoms with Crippen LogP contribution in [0.25, 0.3) is 17.1 Å². The van der Waals surface area contributed by atoms with Crippen LogP contribution in [0.1, 0.15) is 28.3 Å². The Bertz CT molecular complexity index is 1240. The first kappa shape index (κ1) is 20.7. The molecule has 5 rings (SSSR count). The van der Waals surface area contributed by atoms with E-state index < -0.39 is 0 Å². The van der Waals surface area contributed by atoms with E-state index in [4.69, 9.17) is 4.74 Å². The van der Waals surface area contributed by atoms with Gasteiger partial charge in [-0.15, -0.1) is 21.5 Å². The summed E-state index contributed by atoms with van der Waals surface area (Å²) < 4.78 is 7.57. The molecule has 3 heterocycles. The van der Waals surface area contributed by atoms with Crippen LogP contribution in [0.2, 0.25) is 0 Å². The fourth-order valence-electron chi connectivity index (χ4n) is 3.18. The number of thioether (sulfide) groups is 1. The molecular formula is C22H20N6O2S2. The zero-order chi connectivity index (χ0) is 21.9. The molecule has 1 aromatic carbocycles. The van der Waals surface area contributed by atoms with E-state index in [1.54, 1.807) is 24.9 Å². The van der Waals surface area contributed by atoms with Crippen molar-refractivity contribution in [2.45, 2.75) is 29.8 Å². The normalized spacial score (nSPS) is 13.2. The fraction of sp³-hybridized carbons (Fsp3) is 0.227. The summed E-state index contributed by atoms with van der Waals surface area (Å²) in [4.78, 5) is 20.8. The Morgan fingerprint density at radius 2 is 2.03 bits per heavy atom. The van der Waals surface area contributed by atoms with Crippen LogP contribution in [0.4, 0.5) is 0 Å². The van der Waals surface area contributed by atoms with E-state index >= 15 is 0 Å². The van der Waals surface area contributed by atoms with Gasteiger partial charge in [-0.1, -0.05) is 23.9 Å². The molecule has 32 heavy (non-hydrogen) atoms. The maximum atomic E-state index is 12.2.